The van der Waals surface area contributed by atoms with Gasteiger partial charge in [-0.1, -0.05) is 6.92 Å². The molecule has 17 heavy (non-hydrogen) atoms. The molecular formula is C11H22N2O3S. The Morgan fingerprint density at radius 1 is 1.41 bits per heavy atom. The van der Waals surface area contributed by atoms with Gasteiger partial charge < -0.3 is 5.73 Å². The number of carbonyl (C=O) groups excluding carboxylic acids is 1. The smallest absolute Gasteiger partial charge is 0.217 e. The van der Waals surface area contributed by atoms with Crippen molar-refractivity contribution in [3.05, 3.63) is 0 Å². The molecule has 3 N–H and O–H groups in total. The number of unbranched alkanes of at least 4 members (excludes halogenated alkanes) is 1. The second-order valence-electron chi connectivity index (χ2n) is 4.91. The molecule has 0 spiro atoms. The topological polar surface area (TPSA) is 89.3 Å². The maximum absolute atomic E-state index is 11.7. The minimum Gasteiger partial charge on any atom is -0.370 e. The number of nitrogens with two attached hydrogens (primary N) is 1. The van der Waals surface area contributed by atoms with Crippen molar-refractivity contribution >= 4 is 15.9 Å². The van der Waals surface area contributed by atoms with E-state index in [0.717, 1.165) is 12.8 Å². The van der Waals surface area contributed by atoms with Gasteiger partial charge in [0.2, 0.25) is 15.9 Å². The molecule has 5 nitrogen and oxygen atoms in total. The van der Waals surface area contributed by atoms with Crippen molar-refractivity contribution in [3.63, 3.8) is 0 Å². The maximum atomic E-state index is 11.7. The van der Waals surface area contributed by atoms with Crippen LogP contribution in [0.3, 0.4) is 0 Å². The second-order valence-corrected chi connectivity index (χ2v) is 6.77. The van der Waals surface area contributed by atoms with Gasteiger partial charge in [0, 0.05) is 13.0 Å². The van der Waals surface area contributed by atoms with Crippen LogP contribution >= 0.6 is 0 Å². The summed E-state index contributed by atoms with van der Waals surface area (Å²) in [6, 6.07) is 0. The molecule has 0 radical (unpaired) electrons. The summed E-state index contributed by atoms with van der Waals surface area (Å²) >= 11 is 0. The monoisotopic (exact) mass is 262 g/mol. The molecule has 1 rings (SSSR count). The molecule has 1 unspecified atom stereocenters. The molecule has 1 aliphatic rings. The van der Waals surface area contributed by atoms with Crippen LogP contribution in [0.15, 0.2) is 0 Å². The predicted molar refractivity (Wildman–Crippen MR) is 66.7 cm³/mol. The molecule has 0 bridgehead atoms. The van der Waals surface area contributed by atoms with Crippen LogP contribution in [0, 0.1) is 11.8 Å². The average Bonchev–Trinajstić information content (AvgIpc) is 2.98. The SMILES string of the molecule is CC(CS(=O)(=O)NCCCCC(N)=O)C1CC1. The van der Waals surface area contributed by atoms with E-state index in [-0.39, 0.29) is 17.6 Å². The summed E-state index contributed by atoms with van der Waals surface area (Å²) in [4.78, 5) is 10.5. The Labute approximate surface area is 103 Å². The standard InChI is InChI=1S/C11H22N2O3S/c1-9(10-5-6-10)8-17(15,16)13-7-3-2-4-11(12)14/h9-10,13H,2-8H2,1H3,(H2,12,14). The van der Waals surface area contributed by atoms with Gasteiger partial charge in [-0.05, 0) is 37.5 Å². The number of nitrogens with one attached hydrogen (secondary N) is 1. The summed E-state index contributed by atoms with van der Waals surface area (Å²) in [7, 11) is -3.15. The second kappa shape index (κ2) is 6.35. The highest BCUT2D eigenvalue weighted by atomic mass is 32.2. The molecule has 1 saturated carbocycles. The van der Waals surface area contributed by atoms with Crippen molar-refractivity contribution in [1.82, 2.24) is 4.72 Å². The van der Waals surface area contributed by atoms with Crippen LogP contribution in [-0.2, 0) is 14.8 Å². The summed E-state index contributed by atoms with van der Waals surface area (Å²) in [5.74, 6) is 0.725. The number of hydrogen-bond donors (Lipinski definition) is 2. The Morgan fingerprint density at radius 3 is 2.59 bits per heavy atom. The fourth-order valence-corrected chi connectivity index (χ4v) is 3.40. The third-order valence-corrected chi connectivity index (χ3v) is 4.69. The highest BCUT2D eigenvalue weighted by Gasteiger charge is 2.30. The molecular weight excluding hydrogens is 240 g/mol. The molecule has 0 aromatic heterocycles. The number of carbonyl (C=O) groups is 1. The lowest BCUT2D eigenvalue weighted by Gasteiger charge is -2.11. The van der Waals surface area contributed by atoms with Crippen molar-refractivity contribution in [2.45, 2.75) is 39.0 Å². The van der Waals surface area contributed by atoms with Crippen molar-refractivity contribution in [2.24, 2.45) is 17.6 Å². The summed E-state index contributed by atoms with van der Waals surface area (Å²) < 4.78 is 25.9. The van der Waals surface area contributed by atoms with E-state index in [1.165, 1.54) is 0 Å². The van der Waals surface area contributed by atoms with E-state index >= 15 is 0 Å². The zero-order valence-electron chi connectivity index (χ0n) is 10.3. The zero-order valence-corrected chi connectivity index (χ0v) is 11.1. The van der Waals surface area contributed by atoms with Gasteiger partial charge in [-0.3, -0.25) is 4.79 Å². The van der Waals surface area contributed by atoms with Gasteiger partial charge in [-0.25, -0.2) is 13.1 Å². The van der Waals surface area contributed by atoms with Gasteiger partial charge in [0.25, 0.3) is 0 Å². The van der Waals surface area contributed by atoms with Crippen LogP contribution < -0.4 is 10.5 Å². The van der Waals surface area contributed by atoms with Gasteiger partial charge in [0.15, 0.2) is 0 Å². The Kier molecular flexibility index (Phi) is 5.39. The molecule has 0 aromatic rings. The van der Waals surface area contributed by atoms with E-state index in [1.54, 1.807) is 0 Å². The van der Waals surface area contributed by atoms with E-state index in [4.69, 9.17) is 5.73 Å². The number of primary amides is 1. The third-order valence-electron chi connectivity index (χ3n) is 3.08. The van der Waals surface area contributed by atoms with Crippen molar-refractivity contribution in [3.8, 4) is 0 Å². The third kappa shape index (κ3) is 6.63. The molecule has 1 amide bonds. The molecule has 1 aliphatic carbocycles. The Bertz CT molecular complexity index is 350. The van der Waals surface area contributed by atoms with Gasteiger partial charge in [-0.15, -0.1) is 0 Å². The minimum atomic E-state index is -3.15. The predicted octanol–water partition coefficient (Wildman–Crippen LogP) is 0.608. The molecule has 1 atom stereocenters. The normalized spacial score (nSPS) is 17.9. The van der Waals surface area contributed by atoms with Crippen LogP contribution in [0.25, 0.3) is 0 Å². The zero-order chi connectivity index (χ0) is 12.9. The Hall–Kier alpha value is -0.620. The fraction of sp³-hybridized carbons (Fsp3) is 0.909. The van der Waals surface area contributed by atoms with E-state index in [9.17, 15) is 13.2 Å². The fourth-order valence-electron chi connectivity index (χ4n) is 1.86. The summed E-state index contributed by atoms with van der Waals surface area (Å²) in [6.45, 7) is 2.39. The van der Waals surface area contributed by atoms with Crippen molar-refractivity contribution in [1.29, 1.82) is 0 Å². The molecule has 0 heterocycles. The van der Waals surface area contributed by atoms with Crippen molar-refractivity contribution < 1.29 is 13.2 Å². The van der Waals surface area contributed by atoms with E-state index in [1.807, 2.05) is 6.92 Å². The maximum Gasteiger partial charge on any atom is 0.217 e. The molecule has 6 heteroatoms. The average molecular weight is 262 g/mol. The largest absolute Gasteiger partial charge is 0.370 e. The van der Waals surface area contributed by atoms with Gasteiger partial charge in [0.05, 0.1) is 5.75 Å². The van der Waals surface area contributed by atoms with E-state index in [2.05, 4.69) is 4.72 Å². The number of sulfonamides is 1. The lowest BCUT2D eigenvalue weighted by molar-refractivity contribution is -0.118. The van der Waals surface area contributed by atoms with Gasteiger partial charge in [-0.2, -0.15) is 0 Å². The minimum absolute atomic E-state index is 0.216. The first-order valence-electron chi connectivity index (χ1n) is 6.16. The molecule has 1 fully saturated rings. The summed E-state index contributed by atoms with van der Waals surface area (Å²) in [5.41, 5.74) is 4.99. The lowest BCUT2D eigenvalue weighted by Crippen LogP contribution is -2.30. The van der Waals surface area contributed by atoms with Crippen LogP contribution in [0.4, 0.5) is 0 Å². The first-order valence-corrected chi connectivity index (χ1v) is 7.81. The summed E-state index contributed by atoms with van der Waals surface area (Å²) in [5, 5.41) is 0. The summed E-state index contributed by atoms with van der Waals surface area (Å²) in [6.07, 6.45) is 3.93. The molecule has 0 saturated heterocycles. The quantitative estimate of drug-likeness (QED) is 0.596. The molecule has 0 aliphatic heterocycles. The van der Waals surface area contributed by atoms with E-state index < -0.39 is 10.0 Å². The van der Waals surface area contributed by atoms with Gasteiger partial charge >= 0.3 is 0 Å². The highest BCUT2D eigenvalue weighted by Crippen LogP contribution is 2.36. The lowest BCUT2D eigenvalue weighted by atomic mass is 10.1. The Balaban J connectivity index is 2.13. The Morgan fingerprint density at radius 2 is 2.06 bits per heavy atom. The van der Waals surface area contributed by atoms with E-state index in [0.29, 0.717) is 31.7 Å². The number of hydrogen-bond acceptors (Lipinski definition) is 3. The number of amides is 1. The first-order chi connectivity index (χ1) is 7.91. The first kappa shape index (κ1) is 14.4. The molecule has 100 valence electrons. The van der Waals surface area contributed by atoms with Crippen LogP contribution in [0.1, 0.15) is 39.0 Å². The highest BCUT2D eigenvalue weighted by molar-refractivity contribution is 7.89. The molecule has 0 aromatic carbocycles. The van der Waals surface area contributed by atoms with Crippen LogP contribution in [0.2, 0.25) is 0 Å². The number of rotatable bonds is 9. The van der Waals surface area contributed by atoms with Gasteiger partial charge in [0.1, 0.15) is 0 Å². The van der Waals surface area contributed by atoms with Crippen LogP contribution in [-0.4, -0.2) is 26.6 Å². The van der Waals surface area contributed by atoms with Crippen molar-refractivity contribution in [2.75, 3.05) is 12.3 Å². The van der Waals surface area contributed by atoms with Crippen LogP contribution in [0.5, 0.6) is 0 Å².